The Morgan fingerprint density at radius 3 is 2.72 bits per heavy atom. The summed E-state index contributed by atoms with van der Waals surface area (Å²) in [5.74, 6) is 1.19. The Morgan fingerprint density at radius 1 is 1.08 bits per heavy atom. The normalized spacial score (nSPS) is 10.5. The monoisotopic (exact) mass is 397 g/mol. The minimum absolute atomic E-state index is 0.470. The van der Waals surface area contributed by atoms with Crippen LogP contribution in [0.15, 0.2) is 59.2 Å². The molecule has 3 rings (SSSR count). The van der Waals surface area contributed by atoms with Crippen molar-refractivity contribution in [2.45, 2.75) is 19.8 Å². The van der Waals surface area contributed by atoms with Gasteiger partial charge in [0.25, 0.3) is 0 Å². The molecule has 0 spiro atoms. The van der Waals surface area contributed by atoms with Crippen molar-refractivity contribution < 1.29 is 0 Å². The van der Waals surface area contributed by atoms with Crippen molar-refractivity contribution in [3.63, 3.8) is 0 Å². The molecule has 2 aromatic carbocycles. The second-order valence-electron chi connectivity index (χ2n) is 5.79. The van der Waals surface area contributed by atoms with Crippen molar-refractivity contribution in [1.82, 2.24) is 15.2 Å². The number of aryl methyl sites for hydroxylation is 2. The van der Waals surface area contributed by atoms with E-state index in [1.807, 2.05) is 31.2 Å². The Bertz CT molecular complexity index is 823. The molecular formula is C19H20BrN5. The number of benzene rings is 2. The molecule has 0 saturated carbocycles. The zero-order chi connectivity index (χ0) is 17.5. The van der Waals surface area contributed by atoms with E-state index in [4.69, 9.17) is 0 Å². The maximum atomic E-state index is 4.46. The molecule has 3 aromatic rings. The summed E-state index contributed by atoms with van der Waals surface area (Å²) in [6.07, 6.45) is 3.70. The van der Waals surface area contributed by atoms with Gasteiger partial charge in [-0.3, -0.25) is 0 Å². The Labute approximate surface area is 156 Å². The lowest BCUT2D eigenvalue weighted by Crippen LogP contribution is -2.07. The molecule has 0 aliphatic carbocycles. The number of aromatic nitrogens is 3. The molecule has 0 fully saturated rings. The van der Waals surface area contributed by atoms with Gasteiger partial charge in [0.2, 0.25) is 5.95 Å². The van der Waals surface area contributed by atoms with Crippen LogP contribution < -0.4 is 10.6 Å². The second kappa shape index (κ2) is 8.58. The van der Waals surface area contributed by atoms with Crippen LogP contribution in [0.1, 0.15) is 17.5 Å². The second-order valence-corrected chi connectivity index (χ2v) is 6.64. The molecule has 5 nitrogen and oxygen atoms in total. The number of hydrogen-bond acceptors (Lipinski definition) is 5. The van der Waals surface area contributed by atoms with Crippen LogP contribution in [0.4, 0.5) is 17.5 Å². The smallest absolute Gasteiger partial charge is 0.249 e. The first-order valence-electron chi connectivity index (χ1n) is 8.21. The highest BCUT2D eigenvalue weighted by atomic mass is 79.9. The maximum absolute atomic E-state index is 4.46. The van der Waals surface area contributed by atoms with Crippen LogP contribution in [0.3, 0.4) is 0 Å². The first-order chi connectivity index (χ1) is 12.2. The number of halogens is 1. The third kappa shape index (κ3) is 5.26. The molecule has 6 heteroatoms. The molecule has 0 amide bonds. The van der Waals surface area contributed by atoms with E-state index >= 15 is 0 Å². The van der Waals surface area contributed by atoms with Crippen LogP contribution in [0.2, 0.25) is 0 Å². The number of nitrogens with zero attached hydrogens (tertiary/aromatic N) is 3. The summed E-state index contributed by atoms with van der Waals surface area (Å²) in [7, 11) is 0. The van der Waals surface area contributed by atoms with Gasteiger partial charge in [0, 0.05) is 11.0 Å². The fourth-order valence-corrected chi connectivity index (χ4v) is 3.03. The van der Waals surface area contributed by atoms with E-state index in [-0.39, 0.29) is 0 Å². The molecule has 1 aromatic heterocycles. The summed E-state index contributed by atoms with van der Waals surface area (Å²) in [6.45, 7) is 2.88. The van der Waals surface area contributed by atoms with Gasteiger partial charge < -0.3 is 10.6 Å². The van der Waals surface area contributed by atoms with E-state index in [9.17, 15) is 0 Å². The van der Waals surface area contributed by atoms with Crippen LogP contribution in [0.5, 0.6) is 0 Å². The lowest BCUT2D eigenvalue weighted by molar-refractivity contribution is 0.853. The van der Waals surface area contributed by atoms with Crippen molar-refractivity contribution in [1.29, 1.82) is 0 Å². The van der Waals surface area contributed by atoms with Gasteiger partial charge in [0.05, 0.1) is 11.9 Å². The highest BCUT2D eigenvalue weighted by molar-refractivity contribution is 9.10. The SMILES string of the molecule is Cc1ccc(Nc2nncc(NCCCc3ccccc3)n2)c(Br)c1. The Morgan fingerprint density at radius 2 is 1.92 bits per heavy atom. The molecule has 0 atom stereocenters. The molecule has 25 heavy (non-hydrogen) atoms. The largest absolute Gasteiger partial charge is 0.369 e. The quantitative estimate of drug-likeness (QED) is 0.564. The van der Waals surface area contributed by atoms with Crippen LogP contribution >= 0.6 is 15.9 Å². The van der Waals surface area contributed by atoms with E-state index in [0.717, 1.165) is 29.5 Å². The first kappa shape index (κ1) is 17.4. The van der Waals surface area contributed by atoms with Crippen molar-refractivity contribution in [3.05, 3.63) is 70.3 Å². The number of hydrogen-bond donors (Lipinski definition) is 2. The summed E-state index contributed by atoms with van der Waals surface area (Å²) >= 11 is 3.54. The minimum atomic E-state index is 0.470. The average Bonchev–Trinajstić information content (AvgIpc) is 2.62. The zero-order valence-electron chi connectivity index (χ0n) is 14.0. The van der Waals surface area contributed by atoms with Crippen LogP contribution in [-0.4, -0.2) is 21.7 Å². The van der Waals surface area contributed by atoms with E-state index in [0.29, 0.717) is 11.8 Å². The number of rotatable bonds is 7. The molecule has 128 valence electrons. The molecule has 2 N–H and O–H groups in total. The zero-order valence-corrected chi connectivity index (χ0v) is 15.6. The fourth-order valence-electron chi connectivity index (χ4n) is 2.44. The standard InChI is InChI=1S/C19H20BrN5/c1-14-9-10-17(16(20)12-14)23-19-24-18(13-22-25-19)21-11-5-8-15-6-3-2-4-7-15/h2-4,6-7,9-10,12-13H,5,8,11H2,1H3,(H2,21,23,24,25). The minimum Gasteiger partial charge on any atom is -0.369 e. The Hall–Kier alpha value is -2.47. The van der Waals surface area contributed by atoms with Crippen molar-refractivity contribution in [3.8, 4) is 0 Å². The third-order valence-corrected chi connectivity index (χ3v) is 4.38. The Balaban J connectivity index is 1.54. The summed E-state index contributed by atoms with van der Waals surface area (Å²) in [6, 6.07) is 16.5. The molecule has 0 aliphatic heterocycles. The molecule has 0 aliphatic rings. The molecule has 1 heterocycles. The molecule has 0 bridgehead atoms. The fraction of sp³-hybridized carbons (Fsp3) is 0.211. The average molecular weight is 398 g/mol. The summed E-state index contributed by atoms with van der Waals surface area (Å²) in [5, 5.41) is 14.5. The molecule has 0 radical (unpaired) electrons. The molecule has 0 saturated heterocycles. The predicted molar refractivity (Wildman–Crippen MR) is 105 cm³/mol. The molecular weight excluding hydrogens is 378 g/mol. The van der Waals surface area contributed by atoms with Gasteiger partial charge in [-0.15, -0.1) is 5.10 Å². The molecule has 0 unspecified atom stereocenters. The summed E-state index contributed by atoms with van der Waals surface area (Å²) in [5.41, 5.74) is 3.44. The van der Waals surface area contributed by atoms with Crippen molar-refractivity contribution >= 4 is 33.4 Å². The Kier molecular flexibility index (Phi) is 5.95. The van der Waals surface area contributed by atoms with Gasteiger partial charge in [-0.2, -0.15) is 10.1 Å². The van der Waals surface area contributed by atoms with E-state index < -0.39 is 0 Å². The van der Waals surface area contributed by atoms with Gasteiger partial charge in [0.15, 0.2) is 5.82 Å². The van der Waals surface area contributed by atoms with Crippen LogP contribution in [-0.2, 0) is 6.42 Å². The predicted octanol–water partition coefficient (Wildman–Crippen LogP) is 4.73. The van der Waals surface area contributed by atoms with Crippen LogP contribution in [0.25, 0.3) is 0 Å². The maximum Gasteiger partial charge on any atom is 0.249 e. The number of nitrogens with one attached hydrogen (secondary N) is 2. The van der Waals surface area contributed by atoms with Gasteiger partial charge >= 0.3 is 0 Å². The topological polar surface area (TPSA) is 62.7 Å². The van der Waals surface area contributed by atoms with E-state index in [2.05, 4.69) is 66.0 Å². The summed E-state index contributed by atoms with van der Waals surface area (Å²) in [4.78, 5) is 4.46. The van der Waals surface area contributed by atoms with E-state index in [1.54, 1.807) is 6.20 Å². The van der Waals surface area contributed by atoms with E-state index in [1.165, 1.54) is 11.1 Å². The van der Waals surface area contributed by atoms with Crippen molar-refractivity contribution in [2.75, 3.05) is 17.2 Å². The third-order valence-electron chi connectivity index (χ3n) is 3.72. The first-order valence-corrected chi connectivity index (χ1v) is 9.01. The highest BCUT2D eigenvalue weighted by Crippen LogP contribution is 2.25. The van der Waals surface area contributed by atoms with Crippen molar-refractivity contribution in [2.24, 2.45) is 0 Å². The van der Waals surface area contributed by atoms with Gasteiger partial charge in [0.1, 0.15) is 0 Å². The summed E-state index contributed by atoms with van der Waals surface area (Å²) < 4.78 is 0.970. The van der Waals surface area contributed by atoms with Crippen LogP contribution in [0, 0.1) is 6.92 Å². The van der Waals surface area contributed by atoms with Gasteiger partial charge in [-0.1, -0.05) is 36.4 Å². The number of anilines is 3. The van der Waals surface area contributed by atoms with Gasteiger partial charge in [-0.05, 0) is 59.0 Å². The lowest BCUT2D eigenvalue weighted by atomic mass is 10.1. The lowest BCUT2D eigenvalue weighted by Gasteiger charge is -2.09. The highest BCUT2D eigenvalue weighted by Gasteiger charge is 2.04. The van der Waals surface area contributed by atoms with Gasteiger partial charge in [-0.25, -0.2) is 0 Å².